The van der Waals surface area contributed by atoms with E-state index in [1.165, 1.54) is 0 Å². The monoisotopic (exact) mass is 325 g/mol. The SMILES string of the molecule is CC(C)(SCC1CCCO1)C(=O)Cc1cc(C(C)(C)C)no1. The number of hydrogen-bond acceptors (Lipinski definition) is 5. The van der Waals surface area contributed by atoms with Gasteiger partial charge in [0.1, 0.15) is 5.76 Å². The fourth-order valence-electron chi connectivity index (χ4n) is 2.28. The van der Waals surface area contributed by atoms with Gasteiger partial charge in [-0.25, -0.2) is 0 Å². The molecule has 1 aromatic heterocycles. The summed E-state index contributed by atoms with van der Waals surface area (Å²) < 4.78 is 10.5. The number of carbonyl (C=O) groups excluding carboxylic acids is 1. The largest absolute Gasteiger partial charge is 0.377 e. The molecule has 1 unspecified atom stereocenters. The van der Waals surface area contributed by atoms with Gasteiger partial charge >= 0.3 is 0 Å². The molecule has 0 aromatic carbocycles. The van der Waals surface area contributed by atoms with Crippen LogP contribution in [-0.4, -0.2) is 34.2 Å². The quantitative estimate of drug-likeness (QED) is 0.797. The number of Topliss-reactive ketones (excluding diaryl/α,β-unsaturated/α-hetero) is 1. The highest BCUT2D eigenvalue weighted by atomic mass is 32.2. The summed E-state index contributed by atoms with van der Waals surface area (Å²) in [5.41, 5.74) is 0.828. The third-order valence-electron chi connectivity index (χ3n) is 3.99. The molecule has 0 N–H and O–H groups in total. The molecular weight excluding hydrogens is 298 g/mol. The van der Waals surface area contributed by atoms with Crippen LogP contribution in [0.15, 0.2) is 10.6 Å². The average Bonchev–Trinajstić information content (AvgIpc) is 3.06. The standard InChI is InChI=1S/C17H27NO3S/c1-16(2,3)14-9-13(21-18-14)10-15(19)17(4,5)22-11-12-7-6-8-20-12/h9,12H,6-8,10-11H2,1-5H3. The molecule has 22 heavy (non-hydrogen) atoms. The van der Waals surface area contributed by atoms with E-state index >= 15 is 0 Å². The molecule has 1 aliphatic heterocycles. The van der Waals surface area contributed by atoms with E-state index in [0.717, 1.165) is 30.9 Å². The van der Waals surface area contributed by atoms with Crippen LogP contribution in [-0.2, 0) is 21.4 Å². The minimum atomic E-state index is -0.430. The van der Waals surface area contributed by atoms with Crippen molar-refractivity contribution < 1.29 is 14.1 Å². The average molecular weight is 325 g/mol. The summed E-state index contributed by atoms with van der Waals surface area (Å²) in [6.07, 6.45) is 2.84. The van der Waals surface area contributed by atoms with Gasteiger partial charge in [-0.2, -0.15) is 0 Å². The van der Waals surface area contributed by atoms with Crippen LogP contribution in [0, 0.1) is 0 Å². The number of thioether (sulfide) groups is 1. The molecule has 1 atom stereocenters. The fourth-order valence-corrected chi connectivity index (χ4v) is 3.38. The summed E-state index contributed by atoms with van der Waals surface area (Å²) in [6.45, 7) is 11.1. The molecule has 0 spiro atoms. The van der Waals surface area contributed by atoms with Gasteiger partial charge in [-0.1, -0.05) is 25.9 Å². The number of ether oxygens (including phenoxy) is 1. The van der Waals surface area contributed by atoms with Crippen molar-refractivity contribution in [2.45, 2.75) is 70.1 Å². The summed E-state index contributed by atoms with van der Waals surface area (Å²) in [5, 5.41) is 4.08. The lowest BCUT2D eigenvalue weighted by molar-refractivity contribution is -0.120. The lowest BCUT2D eigenvalue weighted by Crippen LogP contribution is -2.31. The lowest BCUT2D eigenvalue weighted by Gasteiger charge is -2.23. The molecular formula is C17H27NO3S. The topological polar surface area (TPSA) is 52.3 Å². The first-order valence-corrected chi connectivity index (χ1v) is 8.92. The minimum absolute atomic E-state index is 0.0606. The molecule has 124 valence electrons. The molecule has 2 heterocycles. The number of ketones is 1. The number of aromatic nitrogens is 1. The van der Waals surface area contributed by atoms with Gasteiger partial charge in [0.2, 0.25) is 0 Å². The van der Waals surface area contributed by atoms with Crippen molar-refractivity contribution in [1.82, 2.24) is 5.16 Å². The Morgan fingerprint density at radius 3 is 2.64 bits per heavy atom. The Balaban J connectivity index is 1.90. The molecule has 0 bridgehead atoms. The molecule has 2 rings (SSSR count). The van der Waals surface area contributed by atoms with Crippen LogP contribution in [0.5, 0.6) is 0 Å². The van der Waals surface area contributed by atoms with Crippen LogP contribution in [0.2, 0.25) is 0 Å². The van der Waals surface area contributed by atoms with Gasteiger partial charge in [-0.15, -0.1) is 11.8 Å². The lowest BCUT2D eigenvalue weighted by atomic mass is 9.92. The molecule has 1 aliphatic rings. The third-order valence-corrected chi connectivity index (χ3v) is 5.48. The molecule has 1 aromatic rings. The zero-order valence-electron chi connectivity index (χ0n) is 14.3. The molecule has 0 amide bonds. The Morgan fingerprint density at radius 2 is 2.09 bits per heavy atom. The third kappa shape index (κ3) is 4.59. The second-order valence-electron chi connectivity index (χ2n) is 7.48. The molecule has 0 saturated carbocycles. The Kier molecular flexibility index (Phi) is 5.38. The van der Waals surface area contributed by atoms with Crippen LogP contribution >= 0.6 is 11.8 Å². The van der Waals surface area contributed by atoms with Crippen molar-refractivity contribution in [3.8, 4) is 0 Å². The summed E-state index contributed by atoms with van der Waals surface area (Å²) >= 11 is 1.68. The van der Waals surface area contributed by atoms with Crippen LogP contribution in [0.4, 0.5) is 0 Å². The van der Waals surface area contributed by atoms with Crippen molar-refractivity contribution in [2.24, 2.45) is 0 Å². The smallest absolute Gasteiger partial charge is 0.155 e. The van der Waals surface area contributed by atoms with E-state index in [-0.39, 0.29) is 11.2 Å². The highest BCUT2D eigenvalue weighted by Gasteiger charge is 2.31. The van der Waals surface area contributed by atoms with E-state index in [4.69, 9.17) is 9.26 Å². The first kappa shape index (κ1) is 17.5. The van der Waals surface area contributed by atoms with Gasteiger partial charge in [-0.05, 0) is 26.7 Å². The predicted molar refractivity (Wildman–Crippen MR) is 89.4 cm³/mol. The maximum absolute atomic E-state index is 12.5. The Bertz CT molecular complexity index is 510. The van der Waals surface area contributed by atoms with E-state index in [0.29, 0.717) is 18.3 Å². The number of hydrogen-bond donors (Lipinski definition) is 0. The van der Waals surface area contributed by atoms with E-state index in [9.17, 15) is 4.79 Å². The minimum Gasteiger partial charge on any atom is -0.377 e. The second-order valence-corrected chi connectivity index (χ2v) is 9.13. The number of carbonyl (C=O) groups is 1. The van der Waals surface area contributed by atoms with E-state index < -0.39 is 4.75 Å². The van der Waals surface area contributed by atoms with Crippen molar-refractivity contribution in [3.63, 3.8) is 0 Å². The molecule has 4 nitrogen and oxygen atoms in total. The Hall–Kier alpha value is -0.810. The van der Waals surface area contributed by atoms with Crippen molar-refractivity contribution >= 4 is 17.5 Å². The maximum atomic E-state index is 12.5. The van der Waals surface area contributed by atoms with Crippen molar-refractivity contribution in [1.29, 1.82) is 0 Å². The molecule has 5 heteroatoms. The first-order chi connectivity index (χ1) is 10.2. The molecule has 1 saturated heterocycles. The van der Waals surface area contributed by atoms with E-state index in [2.05, 4.69) is 25.9 Å². The van der Waals surface area contributed by atoms with Gasteiger partial charge in [0.05, 0.1) is 23.0 Å². The van der Waals surface area contributed by atoms with Crippen LogP contribution in [0.25, 0.3) is 0 Å². The normalized spacial score (nSPS) is 19.6. The maximum Gasteiger partial charge on any atom is 0.155 e. The van der Waals surface area contributed by atoms with Crippen LogP contribution in [0.3, 0.4) is 0 Å². The summed E-state index contributed by atoms with van der Waals surface area (Å²) in [7, 11) is 0. The van der Waals surface area contributed by atoms with E-state index in [1.54, 1.807) is 11.8 Å². The van der Waals surface area contributed by atoms with Gasteiger partial charge in [-0.3, -0.25) is 4.79 Å². The summed E-state index contributed by atoms with van der Waals surface area (Å²) in [6, 6.07) is 1.90. The van der Waals surface area contributed by atoms with Crippen molar-refractivity contribution in [3.05, 3.63) is 17.5 Å². The van der Waals surface area contributed by atoms with E-state index in [1.807, 2.05) is 19.9 Å². The highest BCUT2D eigenvalue weighted by molar-refractivity contribution is 8.01. The number of nitrogens with zero attached hydrogens (tertiary/aromatic N) is 1. The van der Waals surface area contributed by atoms with Crippen LogP contribution in [0.1, 0.15) is 58.9 Å². The second kappa shape index (κ2) is 6.75. The fraction of sp³-hybridized carbons (Fsp3) is 0.765. The number of rotatable bonds is 6. The van der Waals surface area contributed by atoms with Gasteiger partial charge in [0.25, 0.3) is 0 Å². The molecule has 0 aliphatic carbocycles. The zero-order valence-corrected chi connectivity index (χ0v) is 15.1. The Morgan fingerprint density at radius 1 is 1.36 bits per heavy atom. The Labute approximate surface area is 137 Å². The zero-order chi connectivity index (χ0) is 16.4. The van der Waals surface area contributed by atoms with Gasteiger partial charge in [0, 0.05) is 23.8 Å². The first-order valence-electron chi connectivity index (χ1n) is 7.93. The predicted octanol–water partition coefficient (Wildman–Crippen LogP) is 3.77. The van der Waals surface area contributed by atoms with Gasteiger partial charge in [0.15, 0.2) is 5.78 Å². The molecule has 1 fully saturated rings. The van der Waals surface area contributed by atoms with Crippen LogP contribution < -0.4 is 0 Å². The van der Waals surface area contributed by atoms with Crippen molar-refractivity contribution in [2.75, 3.05) is 12.4 Å². The highest BCUT2D eigenvalue weighted by Crippen LogP contribution is 2.30. The summed E-state index contributed by atoms with van der Waals surface area (Å²) in [5.74, 6) is 1.70. The summed E-state index contributed by atoms with van der Waals surface area (Å²) in [4.78, 5) is 12.5. The van der Waals surface area contributed by atoms with Gasteiger partial charge < -0.3 is 9.26 Å². The molecule has 0 radical (unpaired) electrons.